The average molecular weight is 542 g/mol. The zero-order valence-corrected chi connectivity index (χ0v) is 22.8. The number of carbonyl (C=O) groups excluding carboxylic acids is 2. The molecular weight excluding hydrogens is 510 g/mol. The topological polar surface area (TPSA) is 106 Å². The van der Waals surface area contributed by atoms with Crippen LogP contribution in [0, 0.1) is 36.5 Å². The molecule has 0 radical (unpaired) electrons. The molecule has 200 valence electrons. The van der Waals surface area contributed by atoms with E-state index in [1.165, 1.54) is 48.0 Å². The molecule has 8 nitrogen and oxygen atoms in total. The average Bonchev–Trinajstić information content (AvgIpc) is 3.34. The molecule has 39 heavy (non-hydrogen) atoms. The molecule has 2 amide bonds. The van der Waals surface area contributed by atoms with E-state index in [1.807, 2.05) is 12.3 Å². The molecule has 0 spiro atoms. The smallest absolute Gasteiger partial charge is 0.263 e. The van der Waals surface area contributed by atoms with Gasteiger partial charge in [0.15, 0.2) is 5.01 Å². The zero-order chi connectivity index (χ0) is 26.7. The van der Waals surface area contributed by atoms with Gasteiger partial charge in [-0.25, -0.2) is 9.97 Å². The standard InChI is InChI=1S/C30H31N5O3S/c1-17-33-23-4-2-3-21(27(23)29(38)35(17)24-6-7-25(36)34-28(24)37)5-8-26-31-15-22(39-26)16-32-30-12-18-9-19(13-30)11-20(10-18)14-30/h2-4,15,18-20,24,32H,6-7,9-14,16H2,1H3,(H,34,36,37). The maximum Gasteiger partial charge on any atom is 0.263 e. The van der Waals surface area contributed by atoms with Crippen LogP contribution in [0.2, 0.25) is 0 Å². The van der Waals surface area contributed by atoms with E-state index < -0.39 is 11.9 Å². The maximum absolute atomic E-state index is 13.6. The third kappa shape index (κ3) is 4.50. The maximum atomic E-state index is 13.6. The summed E-state index contributed by atoms with van der Waals surface area (Å²) in [4.78, 5) is 48.1. The van der Waals surface area contributed by atoms with Crippen LogP contribution < -0.4 is 16.2 Å². The van der Waals surface area contributed by atoms with Crippen molar-refractivity contribution in [2.24, 2.45) is 17.8 Å². The van der Waals surface area contributed by atoms with Crippen molar-refractivity contribution < 1.29 is 9.59 Å². The minimum Gasteiger partial charge on any atom is -0.306 e. The second-order valence-corrected chi connectivity index (χ2v) is 13.0. The van der Waals surface area contributed by atoms with Crippen LogP contribution in [0.5, 0.6) is 0 Å². The molecule has 1 saturated heterocycles. The SMILES string of the molecule is Cc1nc2cccc(C#Cc3ncc(CNC45CC6CC(CC(C6)C4)C5)s3)c2c(=O)n1C1CCC(=O)NC1=O. The Kier molecular flexibility index (Phi) is 5.94. The molecule has 1 aromatic carbocycles. The quantitative estimate of drug-likeness (QED) is 0.386. The molecule has 5 aliphatic rings. The van der Waals surface area contributed by atoms with E-state index >= 15 is 0 Å². The van der Waals surface area contributed by atoms with E-state index in [1.54, 1.807) is 30.4 Å². The second-order valence-electron chi connectivity index (χ2n) is 11.9. The number of aryl methyl sites for hydroxylation is 1. The number of benzene rings is 1. The summed E-state index contributed by atoms with van der Waals surface area (Å²) in [5.74, 6) is 8.66. The highest BCUT2D eigenvalue weighted by Gasteiger charge is 2.50. The molecule has 4 saturated carbocycles. The Labute approximate surface area is 230 Å². The fraction of sp³-hybridized carbons (Fsp3) is 0.500. The van der Waals surface area contributed by atoms with E-state index in [4.69, 9.17) is 0 Å². The second kappa shape index (κ2) is 9.39. The van der Waals surface area contributed by atoms with Crippen molar-refractivity contribution in [1.82, 2.24) is 25.2 Å². The first-order valence-corrected chi connectivity index (χ1v) is 14.7. The van der Waals surface area contributed by atoms with Crippen molar-refractivity contribution >= 4 is 34.1 Å². The number of amides is 2. The molecule has 8 rings (SSSR count). The monoisotopic (exact) mass is 541 g/mol. The third-order valence-electron chi connectivity index (χ3n) is 9.16. The summed E-state index contributed by atoms with van der Waals surface area (Å²) in [6, 6.07) is 4.64. The third-order valence-corrected chi connectivity index (χ3v) is 10.1. The molecule has 4 aliphatic carbocycles. The predicted octanol–water partition coefficient (Wildman–Crippen LogP) is 3.60. The lowest BCUT2D eigenvalue weighted by molar-refractivity contribution is -0.135. The van der Waals surface area contributed by atoms with Gasteiger partial charge in [-0.15, -0.1) is 11.3 Å². The summed E-state index contributed by atoms with van der Waals surface area (Å²) in [6.07, 6.45) is 10.6. The van der Waals surface area contributed by atoms with Gasteiger partial charge < -0.3 is 5.32 Å². The molecule has 4 bridgehead atoms. The lowest BCUT2D eigenvalue weighted by Crippen LogP contribution is -2.58. The summed E-state index contributed by atoms with van der Waals surface area (Å²) in [5, 5.41) is 7.35. The van der Waals surface area contributed by atoms with Gasteiger partial charge in [-0.05, 0) is 87.7 Å². The molecule has 2 aromatic heterocycles. The van der Waals surface area contributed by atoms with Crippen LogP contribution in [0.4, 0.5) is 0 Å². The summed E-state index contributed by atoms with van der Waals surface area (Å²) in [5.41, 5.74) is 1.07. The number of aromatic nitrogens is 3. The van der Waals surface area contributed by atoms with Crippen molar-refractivity contribution in [3.8, 4) is 11.8 Å². The number of fused-ring (bicyclic) bond motifs is 1. The van der Waals surface area contributed by atoms with Crippen LogP contribution >= 0.6 is 11.3 Å². The minimum absolute atomic E-state index is 0.186. The molecule has 5 fully saturated rings. The number of nitrogens with zero attached hydrogens (tertiary/aromatic N) is 3. The van der Waals surface area contributed by atoms with Gasteiger partial charge in [0.2, 0.25) is 11.8 Å². The van der Waals surface area contributed by atoms with Crippen LogP contribution in [-0.2, 0) is 16.1 Å². The lowest BCUT2D eigenvalue weighted by Gasteiger charge is -2.57. The lowest BCUT2D eigenvalue weighted by atomic mass is 9.53. The Morgan fingerprint density at radius 1 is 1.10 bits per heavy atom. The van der Waals surface area contributed by atoms with Gasteiger partial charge in [0.25, 0.3) is 5.56 Å². The van der Waals surface area contributed by atoms with Crippen molar-refractivity contribution in [3.63, 3.8) is 0 Å². The largest absolute Gasteiger partial charge is 0.306 e. The van der Waals surface area contributed by atoms with E-state index in [2.05, 4.69) is 32.4 Å². The van der Waals surface area contributed by atoms with E-state index in [0.717, 1.165) is 24.3 Å². The van der Waals surface area contributed by atoms with Gasteiger partial charge in [-0.2, -0.15) is 0 Å². The Morgan fingerprint density at radius 3 is 2.56 bits per heavy atom. The number of hydrogen-bond donors (Lipinski definition) is 2. The zero-order valence-electron chi connectivity index (χ0n) is 22.0. The highest BCUT2D eigenvalue weighted by atomic mass is 32.1. The van der Waals surface area contributed by atoms with Gasteiger partial charge in [0, 0.05) is 35.1 Å². The van der Waals surface area contributed by atoms with Crippen LogP contribution in [0.3, 0.4) is 0 Å². The van der Waals surface area contributed by atoms with Gasteiger partial charge in [0.1, 0.15) is 11.9 Å². The number of rotatable bonds is 4. The van der Waals surface area contributed by atoms with Crippen molar-refractivity contribution in [2.45, 2.75) is 76.4 Å². The highest BCUT2D eigenvalue weighted by molar-refractivity contribution is 7.12. The first-order chi connectivity index (χ1) is 18.9. The Hall–Kier alpha value is -3.35. The molecule has 3 aromatic rings. The fourth-order valence-electron chi connectivity index (χ4n) is 7.92. The van der Waals surface area contributed by atoms with Gasteiger partial charge in [0.05, 0.1) is 10.9 Å². The first-order valence-electron chi connectivity index (χ1n) is 13.9. The van der Waals surface area contributed by atoms with E-state index in [0.29, 0.717) is 32.8 Å². The summed E-state index contributed by atoms with van der Waals surface area (Å²) < 4.78 is 1.40. The normalized spacial score (nSPS) is 29.4. The number of hydrogen-bond acceptors (Lipinski definition) is 7. The van der Waals surface area contributed by atoms with Gasteiger partial charge >= 0.3 is 0 Å². The highest BCUT2D eigenvalue weighted by Crippen LogP contribution is 2.55. The Bertz CT molecular complexity index is 1590. The van der Waals surface area contributed by atoms with Crippen LogP contribution in [0.25, 0.3) is 10.9 Å². The van der Waals surface area contributed by atoms with Crippen molar-refractivity contribution in [1.29, 1.82) is 0 Å². The Balaban J connectivity index is 1.13. The van der Waals surface area contributed by atoms with Crippen LogP contribution in [-0.4, -0.2) is 31.9 Å². The number of piperidine rings is 1. The first kappa shape index (κ1) is 24.7. The molecule has 1 unspecified atom stereocenters. The van der Waals surface area contributed by atoms with Gasteiger partial charge in [-0.1, -0.05) is 12.0 Å². The van der Waals surface area contributed by atoms with Crippen LogP contribution in [0.15, 0.2) is 29.2 Å². The summed E-state index contributed by atoms with van der Waals surface area (Å²) >= 11 is 1.59. The minimum atomic E-state index is -0.767. The molecule has 9 heteroatoms. The Morgan fingerprint density at radius 2 is 1.85 bits per heavy atom. The predicted molar refractivity (Wildman–Crippen MR) is 148 cm³/mol. The van der Waals surface area contributed by atoms with E-state index in [9.17, 15) is 14.4 Å². The van der Waals surface area contributed by atoms with Gasteiger partial charge in [-0.3, -0.25) is 24.3 Å². The molecule has 2 N–H and O–H groups in total. The molecule has 1 aliphatic heterocycles. The number of nitrogens with one attached hydrogen (secondary N) is 2. The van der Waals surface area contributed by atoms with E-state index in [-0.39, 0.29) is 24.3 Å². The van der Waals surface area contributed by atoms with Crippen LogP contribution in [0.1, 0.15) is 78.7 Å². The summed E-state index contributed by atoms with van der Waals surface area (Å²) in [7, 11) is 0. The molecule has 3 heterocycles. The molecular formula is C30H31N5O3S. The number of thiazole rings is 1. The summed E-state index contributed by atoms with van der Waals surface area (Å²) in [6.45, 7) is 2.52. The fourth-order valence-corrected chi connectivity index (χ4v) is 8.63. The van der Waals surface area contributed by atoms with Crippen molar-refractivity contribution in [2.75, 3.05) is 0 Å². The number of imide groups is 1. The number of carbonyl (C=O) groups is 2. The molecule has 1 atom stereocenters. The van der Waals surface area contributed by atoms with Crippen molar-refractivity contribution in [3.05, 3.63) is 56.0 Å².